The van der Waals surface area contributed by atoms with Gasteiger partial charge in [-0.1, -0.05) is 17.5 Å². The predicted octanol–water partition coefficient (Wildman–Crippen LogP) is 2.37. The van der Waals surface area contributed by atoms with Crippen LogP contribution in [0.25, 0.3) is 5.69 Å². The molecule has 0 saturated heterocycles. The van der Waals surface area contributed by atoms with Crippen LogP contribution in [0.15, 0.2) is 18.5 Å². The summed E-state index contributed by atoms with van der Waals surface area (Å²) < 4.78 is 15.5. The van der Waals surface area contributed by atoms with E-state index in [9.17, 15) is 14.3 Å². The summed E-state index contributed by atoms with van der Waals surface area (Å²) >= 11 is 6.02. The lowest BCUT2D eigenvalue weighted by molar-refractivity contribution is 0.0787. The van der Waals surface area contributed by atoms with Gasteiger partial charge in [0.05, 0.1) is 28.5 Å². The van der Waals surface area contributed by atoms with Crippen LogP contribution in [0.3, 0.4) is 0 Å². The van der Waals surface area contributed by atoms with Gasteiger partial charge in [0.25, 0.3) is 5.91 Å². The Bertz CT molecular complexity index is 903. The minimum absolute atomic E-state index is 0.0947. The second-order valence-corrected chi connectivity index (χ2v) is 6.51. The van der Waals surface area contributed by atoms with Crippen molar-refractivity contribution in [2.75, 3.05) is 7.05 Å². The third-order valence-corrected chi connectivity index (χ3v) is 4.00. The number of amides is 1. The van der Waals surface area contributed by atoms with E-state index in [1.54, 1.807) is 25.5 Å². The van der Waals surface area contributed by atoms with Gasteiger partial charge in [-0.2, -0.15) is 0 Å². The van der Waals surface area contributed by atoms with Crippen molar-refractivity contribution in [2.45, 2.75) is 26.0 Å². The highest BCUT2D eigenvalue weighted by Gasteiger charge is 2.29. The molecule has 1 aliphatic heterocycles. The first kappa shape index (κ1) is 16.5. The van der Waals surface area contributed by atoms with Crippen LogP contribution in [0.2, 0.25) is 5.02 Å². The van der Waals surface area contributed by atoms with Gasteiger partial charge >= 0.3 is 0 Å². The molecule has 1 aromatic carbocycles. The van der Waals surface area contributed by atoms with E-state index in [-0.39, 0.29) is 23.0 Å². The number of benzene rings is 1. The quantitative estimate of drug-likeness (QED) is 0.744. The van der Waals surface area contributed by atoms with Gasteiger partial charge in [-0.15, -0.1) is 0 Å². The van der Waals surface area contributed by atoms with Gasteiger partial charge in [0.15, 0.2) is 0 Å². The number of carbonyl (C=O) groups excluding carboxylic acids is 1. The highest BCUT2D eigenvalue weighted by Crippen LogP contribution is 2.31. The minimum atomic E-state index is -1.16. The van der Waals surface area contributed by atoms with Crippen LogP contribution in [-0.2, 0) is 6.54 Å². The molecule has 24 heavy (non-hydrogen) atoms. The zero-order valence-corrected chi connectivity index (χ0v) is 14.1. The normalized spacial score (nSPS) is 13.8. The van der Waals surface area contributed by atoms with E-state index >= 15 is 0 Å². The number of carbonyl (C=O) groups is 1. The smallest absolute Gasteiger partial charge is 0.257 e. The molecule has 2 heterocycles. The van der Waals surface area contributed by atoms with Crippen LogP contribution in [0.4, 0.5) is 4.39 Å². The number of hydrogen-bond acceptors (Lipinski definition) is 3. The minimum Gasteiger partial charge on any atom is -0.378 e. The Morgan fingerprint density at radius 2 is 2.12 bits per heavy atom. The summed E-state index contributed by atoms with van der Waals surface area (Å²) in [4.78, 5) is 18.3. The van der Waals surface area contributed by atoms with Gasteiger partial charge in [0.1, 0.15) is 23.4 Å². The van der Waals surface area contributed by atoms with Gasteiger partial charge in [0.2, 0.25) is 0 Å². The van der Waals surface area contributed by atoms with E-state index in [0.29, 0.717) is 17.1 Å². The molecule has 0 saturated carbocycles. The molecular weight excluding hydrogens is 333 g/mol. The molecule has 1 amide bonds. The number of aromatic nitrogens is 2. The van der Waals surface area contributed by atoms with Crippen molar-refractivity contribution in [3.63, 3.8) is 0 Å². The topological polar surface area (TPSA) is 58.4 Å². The summed E-state index contributed by atoms with van der Waals surface area (Å²) in [5, 5.41) is 9.55. The summed E-state index contributed by atoms with van der Waals surface area (Å²) in [6.45, 7) is 3.38. The molecule has 0 fully saturated rings. The molecule has 0 aliphatic carbocycles. The van der Waals surface area contributed by atoms with Gasteiger partial charge in [-0.05, 0) is 31.9 Å². The monoisotopic (exact) mass is 347 g/mol. The predicted molar refractivity (Wildman–Crippen MR) is 87.5 cm³/mol. The Hall–Kier alpha value is -2.36. The summed E-state index contributed by atoms with van der Waals surface area (Å²) in [6, 6.07) is 2.71. The zero-order valence-electron chi connectivity index (χ0n) is 13.4. The van der Waals surface area contributed by atoms with E-state index in [0.717, 1.165) is 0 Å². The highest BCUT2D eigenvalue weighted by molar-refractivity contribution is 6.34. The van der Waals surface area contributed by atoms with E-state index in [2.05, 4.69) is 16.8 Å². The number of aliphatic hydroxyl groups is 1. The number of rotatable bonds is 0. The molecule has 0 spiro atoms. The lowest BCUT2D eigenvalue weighted by atomic mass is 10.1. The third-order valence-electron chi connectivity index (χ3n) is 3.63. The maximum Gasteiger partial charge on any atom is 0.257 e. The second-order valence-electron chi connectivity index (χ2n) is 6.14. The Kier molecular flexibility index (Phi) is 3.86. The molecule has 2 aromatic rings. The first-order valence-corrected chi connectivity index (χ1v) is 7.62. The molecule has 1 aromatic heterocycles. The second kappa shape index (κ2) is 5.62. The number of hydrogen-bond donors (Lipinski definition) is 1. The van der Waals surface area contributed by atoms with Crippen molar-refractivity contribution < 1.29 is 14.3 Å². The molecule has 124 valence electrons. The number of imidazole rings is 1. The van der Waals surface area contributed by atoms with Gasteiger partial charge < -0.3 is 10.0 Å². The first-order chi connectivity index (χ1) is 11.2. The number of halogens is 2. The summed E-state index contributed by atoms with van der Waals surface area (Å²) in [6.07, 6.45) is 1.52. The summed E-state index contributed by atoms with van der Waals surface area (Å²) in [5.74, 6) is 4.52. The van der Waals surface area contributed by atoms with Crippen molar-refractivity contribution in [1.29, 1.82) is 0 Å². The fraction of sp³-hybridized carbons (Fsp3) is 0.294. The maximum atomic E-state index is 13.8. The average Bonchev–Trinajstić information content (AvgIpc) is 2.84. The van der Waals surface area contributed by atoms with Crippen molar-refractivity contribution in [3.05, 3.63) is 46.3 Å². The Morgan fingerprint density at radius 3 is 2.79 bits per heavy atom. The van der Waals surface area contributed by atoms with Crippen LogP contribution >= 0.6 is 11.6 Å². The van der Waals surface area contributed by atoms with Crippen molar-refractivity contribution in [2.24, 2.45) is 0 Å². The van der Waals surface area contributed by atoms with E-state index in [1.165, 1.54) is 23.4 Å². The molecule has 0 atom stereocenters. The van der Waals surface area contributed by atoms with Crippen LogP contribution in [0.1, 0.15) is 35.6 Å². The van der Waals surface area contributed by atoms with Crippen molar-refractivity contribution in [1.82, 2.24) is 14.5 Å². The molecule has 5 nitrogen and oxygen atoms in total. The first-order valence-electron chi connectivity index (χ1n) is 7.24. The Labute approximate surface area is 143 Å². The van der Waals surface area contributed by atoms with Crippen molar-refractivity contribution >= 4 is 17.5 Å². The van der Waals surface area contributed by atoms with Gasteiger partial charge in [-0.3, -0.25) is 9.36 Å². The lowest BCUT2D eigenvalue weighted by Crippen LogP contribution is -2.25. The van der Waals surface area contributed by atoms with E-state index in [1.807, 2.05) is 0 Å². The fourth-order valence-corrected chi connectivity index (χ4v) is 2.72. The molecular formula is C17H15ClFN3O2. The molecule has 1 aliphatic rings. The molecule has 0 radical (unpaired) electrons. The standard InChI is InChI=1S/C17H15ClFN3O2/c1-17(2,24)7-6-11-13-8-21(3)16(23)14-12(22(13)9-20-11)5-4-10(19)15(14)18/h4-5,9,24H,8H2,1-3H3. The highest BCUT2D eigenvalue weighted by atomic mass is 35.5. The average molecular weight is 348 g/mol. The summed E-state index contributed by atoms with van der Waals surface area (Å²) in [5.41, 5.74) is 0.508. The van der Waals surface area contributed by atoms with Gasteiger partial charge in [-0.25, -0.2) is 9.37 Å². The van der Waals surface area contributed by atoms with E-state index < -0.39 is 11.4 Å². The Morgan fingerprint density at radius 1 is 1.42 bits per heavy atom. The molecule has 0 unspecified atom stereocenters. The SMILES string of the molecule is CN1Cc2c(C#CC(C)(C)O)ncn2-c2ccc(F)c(Cl)c2C1=O. The van der Waals surface area contributed by atoms with Crippen LogP contribution in [0.5, 0.6) is 0 Å². The lowest BCUT2D eigenvalue weighted by Gasteiger charge is -2.15. The van der Waals surface area contributed by atoms with Crippen LogP contribution in [0, 0.1) is 17.7 Å². The van der Waals surface area contributed by atoms with Gasteiger partial charge in [0, 0.05) is 7.05 Å². The van der Waals surface area contributed by atoms with Crippen LogP contribution < -0.4 is 0 Å². The zero-order chi connectivity index (χ0) is 17.6. The fourth-order valence-electron chi connectivity index (χ4n) is 2.48. The number of fused-ring (bicyclic) bond motifs is 3. The molecule has 7 heteroatoms. The third kappa shape index (κ3) is 2.77. The van der Waals surface area contributed by atoms with Crippen molar-refractivity contribution in [3.8, 4) is 17.5 Å². The largest absolute Gasteiger partial charge is 0.378 e. The van der Waals surface area contributed by atoms with Crippen LogP contribution in [-0.4, -0.2) is 38.1 Å². The molecule has 3 rings (SSSR count). The summed E-state index contributed by atoms with van der Waals surface area (Å²) in [7, 11) is 1.60. The maximum absolute atomic E-state index is 13.8. The molecule has 0 bridgehead atoms. The Balaban J connectivity index is 2.24. The molecule has 1 N–H and O–H groups in total. The van der Waals surface area contributed by atoms with E-state index in [4.69, 9.17) is 11.6 Å². The number of nitrogens with zero attached hydrogens (tertiary/aromatic N) is 3.